The van der Waals surface area contributed by atoms with Crippen molar-refractivity contribution in [1.29, 1.82) is 0 Å². The Balaban J connectivity index is 1.82. The molecule has 1 heterocycles. The Bertz CT molecular complexity index is 287. The lowest BCUT2D eigenvalue weighted by Gasteiger charge is -2.24. The molecule has 0 bridgehead atoms. The molecule has 2 aliphatic rings. The van der Waals surface area contributed by atoms with Gasteiger partial charge in [0.1, 0.15) is 0 Å². The van der Waals surface area contributed by atoms with Gasteiger partial charge < -0.3 is 15.0 Å². The van der Waals surface area contributed by atoms with Crippen LogP contribution >= 0.6 is 0 Å². The van der Waals surface area contributed by atoms with E-state index in [1.54, 1.807) is 0 Å². The SMILES string of the molecule is CCNC(=NCC1CC1C)N(C)CC1CCOC1. The topological polar surface area (TPSA) is 36.9 Å². The summed E-state index contributed by atoms with van der Waals surface area (Å²) in [6.45, 7) is 9.23. The highest BCUT2D eigenvalue weighted by Gasteiger charge is 2.32. The van der Waals surface area contributed by atoms with Gasteiger partial charge in [0.25, 0.3) is 0 Å². The molecule has 0 aromatic heterocycles. The van der Waals surface area contributed by atoms with Gasteiger partial charge in [-0.3, -0.25) is 4.99 Å². The molecule has 0 aromatic carbocycles. The lowest BCUT2D eigenvalue weighted by atomic mass is 10.1. The van der Waals surface area contributed by atoms with E-state index in [1.165, 1.54) is 12.8 Å². The van der Waals surface area contributed by atoms with Gasteiger partial charge in [-0.1, -0.05) is 6.92 Å². The third-order valence-corrected chi connectivity index (χ3v) is 4.00. The van der Waals surface area contributed by atoms with Gasteiger partial charge in [0, 0.05) is 39.2 Å². The van der Waals surface area contributed by atoms with E-state index in [0.717, 1.165) is 50.6 Å². The van der Waals surface area contributed by atoms with Crippen LogP contribution in [0.15, 0.2) is 4.99 Å². The second kappa shape index (κ2) is 6.41. The molecule has 0 spiro atoms. The molecule has 0 amide bonds. The van der Waals surface area contributed by atoms with Gasteiger partial charge in [-0.25, -0.2) is 0 Å². The molecule has 2 fully saturated rings. The van der Waals surface area contributed by atoms with Crippen molar-refractivity contribution in [1.82, 2.24) is 10.2 Å². The molecule has 1 aliphatic carbocycles. The van der Waals surface area contributed by atoms with Crippen LogP contribution in [0.1, 0.15) is 26.7 Å². The van der Waals surface area contributed by atoms with E-state index in [2.05, 4.69) is 31.1 Å². The lowest BCUT2D eigenvalue weighted by Crippen LogP contribution is -2.41. The zero-order chi connectivity index (χ0) is 13.0. The van der Waals surface area contributed by atoms with Crippen LogP contribution in [0.3, 0.4) is 0 Å². The van der Waals surface area contributed by atoms with Crippen molar-refractivity contribution in [2.75, 3.05) is 39.9 Å². The molecule has 104 valence electrons. The van der Waals surface area contributed by atoms with E-state index in [0.29, 0.717) is 5.92 Å². The molecule has 0 aromatic rings. The van der Waals surface area contributed by atoms with Crippen molar-refractivity contribution in [3.8, 4) is 0 Å². The average Bonchev–Trinajstić information content (AvgIpc) is 2.83. The van der Waals surface area contributed by atoms with Crippen LogP contribution in [-0.2, 0) is 4.74 Å². The van der Waals surface area contributed by atoms with Gasteiger partial charge in [0.05, 0.1) is 6.61 Å². The van der Waals surface area contributed by atoms with Crippen molar-refractivity contribution in [3.05, 3.63) is 0 Å². The molecule has 3 unspecified atom stereocenters. The minimum absolute atomic E-state index is 0.665. The number of rotatable bonds is 5. The normalized spacial score (nSPS) is 31.5. The fraction of sp³-hybridized carbons (Fsp3) is 0.929. The van der Waals surface area contributed by atoms with Crippen molar-refractivity contribution < 1.29 is 4.74 Å². The van der Waals surface area contributed by atoms with Gasteiger partial charge >= 0.3 is 0 Å². The van der Waals surface area contributed by atoms with Crippen LogP contribution in [-0.4, -0.2) is 50.8 Å². The standard InChI is InChI=1S/C14H27N3O/c1-4-15-14(16-8-13-7-11(13)2)17(3)9-12-5-6-18-10-12/h11-13H,4-10H2,1-3H3,(H,15,16). The summed E-state index contributed by atoms with van der Waals surface area (Å²) in [5, 5.41) is 3.39. The molecule has 1 aliphatic heterocycles. The first kappa shape index (κ1) is 13.7. The number of nitrogens with zero attached hydrogens (tertiary/aromatic N) is 2. The van der Waals surface area contributed by atoms with Crippen molar-refractivity contribution in [2.24, 2.45) is 22.7 Å². The number of aliphatic imine (C=N–C) groups is 1. The minimum atomic E-state index is 0.665. The summed E-state index contributed by atoms with van der Waals surface area (Å²) in [7, 11) is 2.14. The van der Waals surface area contributed by atoms with Gasteiger partial charge in [-0.15, -0.1) is 0 Å². The zero-order valence-electron chi connectivity index (χ0n) is 12.0. The van der Waals surface area contributed by atoms with Crippen LogP contribution in [0.2, 0.25) is 0 Å². The average molecular weight is 253 g/mol. The highest BCUT2D eigenvalue weighted by molar-refractivity contribution is 5.79. The summed E-state index contributed by atoms with van der Waals surface area (Å²) in [6, 6.07) is 0. The Morgan fingerprint density at radius 1 is 1.50 bits per heavy atom. The zero-order valence-corrected chi connectivity index (χ0v) is 12.0. The quantitative estimate of drug-likeness (QED) is 0.597. The van der Waals surface area contributed by atoms with Gasteiger partial charge in [0.15, 0.2) is 5.96 Å². The predicted molar refractivity (Wildman–Crippen MR) is 74.8 cm³/mol. The Hall–Kier alpha value is -0.770. The van der Waals surface area contributed by atoms with Gasteiger partial charge in [-0.2, -0.15) is 0 Å². The number of ether oxygens (including phenoxy) is 1. The van der Waals surface area contributed by atoms with Crippen LogP contribution < -0.4 is 5.32 Å². The summed E-state index contributed by atoms with van der Waals surface area (Å²) in [6.07, 6.45) is 2.53. The van der Waals surface area contributed by atoms with Gasteiger partial charge in [-0.05, 0) is 31.6 Å². The van der Waals surface area contributed by atoms with E-state index >= 15 is 0 Å². The Morgan fingerprint density at radius 2 is 2.28 bits per heavy atom. The summed E-state index contributed by atoms with van der Waals surface area (Å²) >= 11 is 0. The Morgan fingerprint density at radius 3 is 2.83 bits per heavy atom. The minimum Gasteiger partial charge on any atom is -0.381 e. The number of nitrogens with one attached hydrogen (secondary N) is 1. The molecule has 3 atom stereocenters. The van der Waals surface area contributed by atoms with E-state index < -0.39 is 0 Å². The van der Waals surface area contributed by atoms with E-state index in [1.807, 2.05) is 0 Å². The molecule has 1 N–H and O–H groups in total. The van der Waals surface area contributed by atoms with Crippen LogP contribution in [0.5, 0.6) is 0 Å². The largest absolute Gasteiger partial charge is 0.381 e. The lowest BCUT2D eigenvalue weighted by molar-refractivity contribution is 0.181. The fourth-order valence-electron chi connectivity index (χ4n) is 2.53. The smallest absolute Gasteiger partial charge is 0.193 e. The predicted octanol–water partition coefficient (Wildman–Crippen LogP) is 1.58. The second-order valence-corrected chi connectivity index (χ2v) is 5.78. The first-order valence-corrected chi connectivity index (χ1v) is 7.28. The Labute approximate surface area is 111 Å². The third kappa shape index (κ3) is 3.87. The van der Waals surface area contributed by atoms with Crippen LogP contribution in [0, 0.1) is 17.8 Å². The van der Waals surface area contributed by atoms with Crippen molar-refractivity contribution in [2.45, 2.75) is 26.7 Å². The third-order valence-electron chi connectivity index (χ3n) is 4.00. The second-order valence-electron chi connectivity index (χ2n) is 5.78. The number of hydrogen-bond donors (Lipinski definition) is 1. The summed E-state index contributed by atoms with van der Waals surface area (Å²) in [5.74, 6) is 3.43. The number of hydrogen-bond acceptors (Lipinski definition) is 2. The monoisotopic (exact) mass is 253 g/mol. The summed E-state index contributed by atoms with van der Waals surface area (Å²) in [4.78, 5) is 7.02. The van der Waals surface area contributed by atoms with Crippen LogP contribution in [0.4, 0.5) is 0 Å². The van der Waals surface area contributed by atoms with E-state index in [9.17, 15) is 0 Å². The molecule has 1 saturated carbocycles. The molecular formula is C14H27N3O. The summed E-state index contributed by atoms with van der Waals surface area (Å²) < 4.78 is 5.43. The maximum absolute atomic E-state index is 5.43. The maximum Gasteiger partial charge on any atom is 0.193 e. The van der Waals surface area contributed by atoms with E-state index in [-0.39, 0.29) is 0 Å². The molecule has 18 heavy (non-hydrogen) atoms. The molecular weight excluding hydrogens is 226 g/mol. The molecule has 2 rings (SSSR count). The summed E-state index contributed by atoms with van der Waals surface area (Å²) in [5.41, 5.74) is 0. The molecule has 1 saturated heterocycles. The van der Waals surface area contributed by atoms with Gasteiger partial charge in [0.2, 0.25) is 0 Å². The first-order chi connectivity index (χ1) is 8.70. The molecule has 4 nitrogen and oxygen atoms in total. The molecule has 0 radical (unpaired) electrons. The first-order valence-electron chi connectivity index (χ1n) is 7.28. The maximum atomic E-state index is 5.43. The van der Waals surface area contributed by atoms with E-state index in [4.69, 9.17) is 9.73 Å². The highest BCUT2D eigenvalue weighted by Crippen LogP contribution is 2.37. The molecule has 4 heteroatoms. The highest BCUT2D eigenvalue weighted by atomic mass is 16.5. The Kier molecular flexibility index (Phi) is 4.87. The fourth-order valence-corrected chi connectivity index (χ4v) is 2.53. The van der Waals surface area contributed by atoms with Crippen molar-refractivity contribution >= 4 is 5.96 Å². The van der Waals surface area contributed by atoms with Crippen LogP contribution in [0.25, 0.3) is 0 Å². The van der Waals surface area contributed by atoms with Crippen molar-refractivity contribution in [3.63, 3.8) is 0 Å². The number of guanidine groups is 1.